The van der Waals surface area contributed by atoms with Crippen molar-refractivity contribution in [1.29, 1.82) is 0 Å². The van der Waals surface area contributed by atoms with E-state index >= 15 is 0 Å². The van der Waals surface area contributed by atoms with Gasteiger partial charge in [-0.25, -0.2) is 0 Å². The zero-order valence-corrected chi connectivity index (χ0v) is 9.45. The molecule has 0 atom stereocenters. The Bertz CT molecular complexity index is 361. The van der Waals surface area contributed by atoms with Gasteiger partial charge in [-0.3, -0.25) is 4.79 Å². The van der Waals surface area contributed by atoms with Gasteiger partial charge in [0.05, 0.1) is 18.0 Å². The van der Waals surface area contributed by atoms with Crippen LogP contribution in [0.3, 0.4) is 0 Å². The first kappa shape index (κ1) is 11.3. The zero-order chi connectivity index (χ0) is 10.7. The lowest BCUT2D eigenvalue weighted by molar-refractivity contribution is 0.102. The SMILES string of the molecule is COc1c(Cl)ccc(C(=O)CCl)c1C. The molecule has 1 rings (SSSR count). The Morgan fingerprint density at radius 1 is 1.50 bits per heavy atom. The minimum Gasteiger partial charge on any atom is -0.495 e. The standard InChI is InChI=1S/C10H10Cl2O2/c1-6-7(9(13)5-11)3-4-8(12)10(6)14-2/h3-4H,5H2,1-2H3. The fraction of sp³-hybridized carbons (Fsp3) is 0.300. The van der Waals surface area contributed by atoms with E-state index in [0.717, 1.165) is 5.56 Å². The number of Topliss-reactive ketones (excluding diaryl/α,β-unsaturated/α-hetero) is 1. The molecule has 0 fully saturated rings. The van der Waals surface area contributed by atoms with Crippen LogP contribution in [0.5, 0.6) is 5.75 Å². The van der Waals surface area contributed by atoms with Crippen LogP contribution in [0.15, 0.2) is 12.1 Å². The van der Waals surface area contributed by atoms with Crippen LogP contribution >= 0.6 is 23.2 Å². The molecule has 0 spiro atoms. The number of ether oxygens (including phenoxy) is 1. The summed E-state index contributed by atoms with van der Waals surface area (Å²) in [7, 11) is 1.52. The fourth-order valence-corrected chi connectivity index (χ4v) is 1.71. The number of ketones is 1. The van der Waals surface area contributed by atoms with Gasteiger partial charge in [0, 0.05) is 11.1 Å². The number of carbonyl (C=O) groups is 1. The molecule has 0 aliphatic heterocycles. The molecule has 14 heavy (non-hydrogen) atoms. The molecule has 0 heterocycles. The second-order valence-corrected chi connectivity index (χ2v) is 3.48. The molecule has 2 nitrogen and oxygen atoms in total. The number of alkyl halides is 1. The topological polar surface area (TPSA) is 26.3 Å². The smallest absolute Gasteiger partial charge is 0.177 e. The number of benzene rings is 1. The summed E-state index contributed by atoms with van der Waals surface area (Å²) in [5, 5.41) is 0.496. The van der Waals surface area contributed by atoms with Crippen molar-refractivity contribution in [3.8, 4) is 5.75 Å². The molecule has 0 N–H and O–H groups in total. The van der Waals surface area contributed by atoms with E-state index in [9.17, 15) is 4.79 Å². The summed E-state index contributed by atoms with van der Waals surface area (Å²) in [6.45, 7) is 1.78. The van der Waals surface area contributed by atoms with E-state index in [4.69, 9.17) is 27.9 Å². The maximum atomic E-state index is 11.4. The van der Waals surface area contributed by atoms with Crippen LogP contribution in [0, 0.1) is 6.92 Å². The van der Waals surface area contributed by atoms with Crippen LogP contribution in [-0.2, 0) is 0 Å². The molecule has 0 saturated heterocycles. The first-order valence-electron chi connectivity index (χ1n) is 4.04. The van der Waals surface area contributed by atoms with E-state index in [1.54, 1.807) is 19.1 Å². The minimum atomic E-state index is -0.126. The van der Waals surface area contributed by atoms with Gasteiger partial charge in [0.2, 0.25) is 0 Å². The lowest BCUT2D eigenvalue weighted by Gasteiger charge is -2.10. The van der Waals surface area contributed by atoms with Crippen LogP contribution in [0.1, 0.15) is 15.9 Å². The van der Waals surface area contributed by atoms with Crippen LogP contribution in [0.2, 0.25) is 5.02 Å². The van der Waals surface area contributed by atoms with Crippen LogP contribution in [0.25, 0.3) is 0 Å². The lowest BCUT2D eigenvalue weighted by atomic mass is 10.0. The molecule has 1 aromatic carbocycles. The Hall–Kier alpha value is -0.730. The highest BCUT2D eigenvalue weighted by atomic mass is 35.5. The summed E-state index contributed by atoms with van der Waals surface area (Å²) in [4.78, 5) is 11.4. The number of hydrogen-bond donors (Lipinski definition) is 0. The van der Waals surface area contributed by atoms with Gasteiger partial charge in [0.15, 0.2) is 5.78 Å². The fourth-order valence-electron chi connectivity index (χ4n) is 1.28. The molecule has 0 aliphatic carbocycles. The van der Waals surface area contributed by atoms with E-state index in [2.05, 4.69) is 0 Å². The van der Waals surface area contributed by atoms with E-state index in [-0.39, 0.29) is 11.7 Å². The van der Waals surface area contributed by atoms with E-state index < -0.39 is 0 Å². The van der Waals surface area contributed by atoms with Crippen LogP contribution in [0.4, 0.5) is 0 Å². The summed E-state index contributed by atoms with van der Waals surface area (Å²) < 4.78 is 5.08. The van der Waals surface area contributed by atoms with Gasteiger partial charge >= 0.3 is 0 Å². The number of hydrogen-bond acceptors (Lipinski definition) is 2. The van der Waals surface area contributed by atoms with Crippen molar-refractivity contribution in [3.05, 3.63) is 28.3 Å². The largest absolute Gasteiger partial charge is 0.495 e. The molecule has 76 valence electrons. The molecule has 0 aromatic heterocycles. The third kappa shape index (κ3) is 2.02. The van der Waals surface area contributed by atoms with E-state index in [0.29, 0.717) is 16.3 Å². The highest BCUT2D eigenvalue weighted by Gasteiger charge is 2.13. The first-order valence-corrected chi connectivity index (χ1v) is 4.95. The van der Waals surface area contributed by atoms with Crippen molar-refractivity contribution in [3.63, 3.8) is 0 Å². The molecule has 0 unspecified atom stereocenters. The minimum absolute atomic E-state index is 0.0361. The predicted octanol–water partition coefficient (Wildman–Crippen LogP) is 3.08. The molecule has 0 aliphatic rings. The number of rotatable bonds is 3. The van der Waals surface area contributed by atoms with Gasteiger partial charge < -0.3 is 4.74 Å². The predicted molar refractivity (Wildman–Crippen MR) is 57.8 cm³/mol. The maximum absolute atomic E-state index is 11.4. The van der Waals surface area contributed by atoms with Crippen LogP contribution in [-0.4, -0.2) is 18.8 Å². The summed E-state index contributed by atoms with van der Waals surface area (Å²) in [5.74, 6) is 0.368. The van der Waals surface area contributed by atoms with Crippen molar-refractivity contribution < 1.29 is 9.53 Å². The number of methoxy groups -OCH3 is 1. The second-order valence-electron chi connectivity index (χ2n) is 2.81. The van der Waals surface area contributed by atoms with Gasteiger partial charge in [-0.15, -0.1) is 11.6 Å². The average molecular weight is 233 g/mol. The average Bonchev–Trinajstić information content (AvgIpc) is 2.18. The highest BCUT2D eigenvalue weighted by molar-refractivity contribution is 6.33. The normalized spacial score (nSPS) is 10.0. The molecular formula is C10H10Cl2O2. The van der Waals surface area contributed by atoms with Crippen LogP contribution < -0.4 is 4.74 Å². The molecular weight excluding hydrogens is 223 g/mol. The summed E-state index contributed by atoms with van der Waals surface area (Å²) in [6, 6.07) is 3.29. The quantitative estimate of drug-likeness (QED) is 0.592. The zero-order valence-electron chi connectivity index (χ0n) is 7.93. The molecule has 0 amide bonds. The van der Waals surface area contributed by atoms with Gasteiger partial charge in [-0.05, 0) is 19.1 Å². The van der Waals surface area contributed by atoms with Gasteiger partial charge in [0.1, 0.15) is 5.75 Å². The van der Waals surface area contributed by atoms with E-state index in [1.807, 2.05) is 0 Å². The second kappa shape index (κ2) is 4.67. The summed E-state index contributed by atoms with van der Waals surface area (Å²) in [6.07, 6.45) is 0. The Morgan fingerprint density at radius 2 is 2.14 bits per heavy atom. The Balaban J connectivity index is 3.28. The molecule has 0 bridgehead atoms. The summed E-state index contributed by atoms with van der Waals surface area (Å²) in [5.41, 5.74) is 1.28. The maximum Gasteiger partial charge on any atom is 0.177 e. The van der Waals surface area contributed by atoms with Crippen molar-refractivity contribution in [2.45, 2.75) is 6.92 Å². The van der Waals surface area contributed by atoms with Crippen molar-refractivity contribution in [2.24, 2.45) is 0 Å². The Morgan fingerprint density at radius 3 is 2.64 bits per heavy atom. The Kier molecular flexibility index (Phi) is 3.78. The third-order valence-electron chi connectivity index (χ3n) is 1.98. The summed E-state index contributed by atoms with van der Waals surface area (Å²) >= 11 is 11.4. The molecule has 0 saturated carbocycles. The highest BCUT2D eigenvalue weighted by Crippen LogP contribution is 2.30. The van der Waals surface area contributed by atoms with Crippen molar-refractivity contribution >= 4 is 29.0 Å². The first-order chi connectivity index (χ1) is 6.61. The van der Waals surface area contributed by atoms with Crippen molar-refractivity contribution in [2.75, 3.05) is 13.0 Å². The monoisotopic (exact) mass is 232 g/mol. The lowest BCUT2D eigenvalue weighted by Crippen LogP contribution is -2.04. The number of halogens is 2. The number of carbonyl (C=O) groups excluding carboxylic acids is 1. The van der Waals surface area contributed by atoms with Gasteiger partial charge in [-0.1, -0.05) is 11.6 Å². The molecule has 0 radical (unpaired) electrons. The molecule has 4 heteroatoms. The Labute approximate surface area is 92.8 Å². The molecule has 1 aromatic rings. The van der Waals surface area contributed by atoms with Gasteiger partial charge in [0.25, 0.3) is 0 Å². The van der Waals surface area contributed by atoms with Gasteiger partial charge in [-0.2, -0.15) is 0 Å². The third-order valence-corrected chi connectivity index (χ3v) is 2.52. The van der Waals surface area contributed by atoms with E-state index in [1.165, 1.54) is 7.11 Å². The van der Waals surface area contributed by atoms with Crippen molar-refractivity contribution in [1.82, 2.24) is 0 Å².